The molecular weight excluding hydrogens is 379 g/mol. The predicted molar refractivity (Wildman–Crippen MR) is 103 cm³/mol. The first-order chi connectivity index (χ1) is 11.7. The summed E-state index contributed by atoms with van der Waals surface area (Å²) in [6, 6.07) is 7.70. The van der Waals surface area contributed by atoms with Crippen LogP contribution in [0.25, 0.3) is 4.96 Å². The number of nitrogens with one attached hydrogen (secondary N) is 1. The third kappa shape index (κ3) is 3.67. The van der Waals surface area contributed by atoms with Gasteiger partial charge >= 0.3 is 0 Å². The van der Waals surface area contributed by atoms with Crippen LogP contribution in [0.3, 0.4) is 0 Å². The summed E-state index contributed by atoms with van der Waals surface area (Å²) in [6.07, 6.45) is 4.20. The maximum atomic E-state index is 12.9. The Bertz CT molecular complexity index is 850. The molecule has 3 heterocycles. The minimum absolute atomic E-state index is 0. The fourth-order valence-electron chi connectivity index (χ4n) is 3.14. The molecule has 1 aliphatic rings. The van der Waals surface area contributed by atoms with Crippen LogP contribution in [0.1, 0.15) is 17.3 Å². The molecule has 132 valence electrons. The summed E-state index contributed by atoms with van der Waals surface area (Å²) in [7, 11) is 0. The number of carbonyl (C=O) groups excluding carboxylic acids is 1. The SMILES string of the molecule is Cl.O=C(Cc1cn2ccsc2n1)N1CCNCC1c1ccccc1Cl. The van der Waals surface area contributed by atoms with Gasteiger partial charge in [-0.2, -0.15) is 0 Å². The lowest BCUT2D eigenvalue weighted by Gasteiger charge is -2.37. The highest BCUT2D eigenvalue weighted by atomic mass is 35.5. The Kier molecular flexibility index (Phi) is 5.64. The van der Waals surface area contributed by atoms with Crippen LogP contribution in [0.2, 0.25) is 5.02 Å². The molecule has 0 radical (unpaired) electrons. The summed E-state index contributed by atoms with van der Waals surface area (Å²) in [4.78, 5) is 20.2. The Hall–Kier alpha value is -1.60. The Labute approximate surface area is 161 Å². The molecule has 2 aromatic heterocycles. The van der Waals surface area contributed by atoms with E-state index in [9.17, 15) is 4.79 Å². The summed E-state index contributed by atoms with van der Waals surface area (Å²) in [5.74, 6) is 0.0900. The van der Waals surface area contributed by atoms with Crippen LogP contribution in [0.15, 0.2) is 42.0 Å². The molecule has 0 bridgehead atoms. The molecular formula is C17H18Cl2N4OS. The van der Waals surface area contributed by atoms with Gasteiger partial charge in [0.2, 0.25) is 5.91 Å². The van der Waals surface area contributed by atoms with E-state index in [1.165, 1.54) is 0 Å². The van der Waals surface area contributed by atoms with Crippen molar-refractivity contribution in [3.63, 3.8) is 0 Å². The standard InChI is InChI=1S/C17H17ClN4OS.ClH/c18-14-4-2-1-3-13(14)15-10-19-5-6-22(15)16(23)9-12-11-21-7-8-24-17(21)20-12;/h1-4,7-8,11,15,19H,5-6,9-10H2;1H. The molecule has 1 fully saturated rings. The van der Waals surface area contributed by atoms with Crippen LogP contribution in [-0.4, -0.2) is 39.8 Å². The molecule has 3 aromatic rings. The van der Waals surface area contributed by atoms with Gasteiger partial charge in [-0.1, -0.05) is 29.8 Å². The van der Waals surface area contributed by atoms with Crippen molar-refractivity contribution in [3.05, 3.63) is 58.3 Å². The smallest absolute Gasteiger partial charge is 0.229 e. The minimum Gasteiger partial charge on any atom is -0.333 e. The number of hydrogen-bond donors (Lipinski definition) is 1. The average molecular weight is 397 g/mol. The van der Waals surface area contributed by atoms with Gasteiger partial charge in [-0.15, -0.1) is 23.7 Å². The first-order valence-corrected chi connectivity index (χ1v) is 9.14. The summed E-state index contributed by atoms with van der Waals surface area (Å²) >= 11 is 7.92. The van der Waals surface area contributed by atoms with Gasteiger partial charge in [0.05, 0.1) is 18.2 Å². The predicted octanol–water partition coefficient (Wildman–Crippen LogP) is 3.19. The zero-order chi connectivity index (χ0) is 16.5. The van der Waals surface area contributed by atoms with Gasteiger partial charge in [0.25, 0.3) is 0 Å². The second-order valence-corrected chi connectivity index (χ2v) is 7.11. The van der Waals surface area contributed by atoms with Gasteiger partial charge in [-0.05, 0) is 11.6 Å². The normalized spacial score (nSPS) is 17.5. The molecule has 1 aliphatic heterocycles. The summed E-state index contributed by atoms with van der Waals surface area (Å²) in [5, 5.41) is 6.04. The topological polar surface area (TPSA) is 49.6 Å². The quantitative estimate of drug-likeness (QED) is 0.739. The Morgan fingerprint density at radius 3 is 3.04 bits per heavy atom. The molecule has 5 nitrogen and oxygen atoms in total. The molecule has 25 heavy (non-hydrogen) atoms. The maximum absolute atomic E-state index is 12.9. The summed E-state index contributed by atoms with van der Waals surface area (Å²) in [5.41, 5.74) is 1.80. The number of halogens is 2. The number of benzene rings is 1. The number of thiazole rings is 1. The van der Waals surface area contributed by atoms with E-state index in [-0.39, 0.29) is 24.4 Å². The zero-order valence-corrected chi connectivity index (χ0v) is 15.8. The van der Waals surface area contributed by atoms with Crippen LogP contribution in [-0.2, 0) is 11.2 Å². The molecule has 4 rings (SSSR count). The van der Waals surface area contributed by atoms with E-state index in [2.05, 4.69) is 10.3 Å². The number of aromatic nitrogens is 2. The lowest BCUT2D eigenvalue weighted by molar-refractivity contribution is -0.133. The minimum atomic E-state index is -0.0383. The van der Waals surface area contributed by atoms with E-state index in [0.29, 0.717) is 24.5 Å². The molecule has 1 saturated heterocycles. The van der Waals surface area contributed by atoms with Crippen LogP contribution in [0.4, 0.5) is 0 Å². The fraction of sp³-hybridized carbons (Fsp3) is 0.294. The van der Waals surface area contributed by atoms with Gasteiger partial charge in [-0.25, -0.2) is 4.98 Å². The van der Waals surface area contributed by atoms with E-state index in [1.807, 2.05) is 51.3 Å². The van der Waals surface area contributed by atoms with Crippen LogP contribution >= 0.6 is 35.3 Å². The van der Waals surface area contributed by atoms with Crippen LogP contribution in [0.5, 0.6) is 0 Å². The third-order valence-electron chi connectivity index (χ3n) is 4.30. The first kappa shape index (κ1) is 18.2. The number of nitrogens with zero attached hydrogens (tertiary/aromatic N) is 3. The highest BCUT2D eigenvalue weighted by Gasteiger charge is 2.29. The third-order valence-corrected chi connectivity index (χ3v) is 5.42. The Balaban J connectivity index is 0.00000182. The van der Waals surface area contributed by atoms with Gasteiger partial charge in [0.1, 0.15) is 0 Å². The van der Waals surface area contributed by atoms with Crippen molar-refractivity contribution in [3.8, 4) is 0 Å². The van der Waals surface area contributed by atoms with E-state index >= 15 is 0 Å². The van der Waals surface area contributed by atoms with Crippen molar-refractivity contribution in [2.24, 2.45) is 0 Å². The molecule has 1 aromatic carbocycles. The Morgan fingerprint density at radius 1 is 1.40 bits per heavy atom. The van der Waals surface area contributed by atoms with Crippen molar-refractivity contribution in [2.45, 2.75) is 12.5 Å². The summed E-state index contributed by atoms with van der Waals surface area (Å²) in [6.45, 7) is 2.19. The highest BCUT2D eigenvalue weighted by Crippen LogP contribution is 2.29. The van der Waals surface area contributed by atoms with E-state index < -0.39 is 0 Å². The van der Waals surface area contributed by atoms with Crippen molar-refractivity contribution in [1.82, 2.24) is 19.6 Å². The van der Waals surface area contributed by atoms with Crippen LogP contribution < -0.4 is 5.32 Å². The molecule has 0 spiro atoms. The van der Waals surface area contributed by atoms with Gasteiger partial charge in [-0.3, -0.25) is 9.20 Å². The van der Waals surface area contributed by atoms with Crippen molar-refractivity contribution >= 4 is 46.2 Å². The Morgan fingerprint density at radius 2 is 2.24 bits per heavy atom. The number of imidazole rings is 1. The van der Waals surface area contributed by atoms with Crippen molar-refractivity contribution < 1.29 is 4.79 Å². The van der Waals surface area contributed by atoms with Crippen molar-refractivity contribution in [2.75, 3.05) is 19.6 Å². The molecule has 1 atom stereocenters. The molecule has 8 heteroatoms. The number of rotatable bonds is 3. The summed E-state index contributed by atoms with van der Waals surface area (Å²) < 4.78 is 1.95. The van der Waals surface area contributed by atoms with Crippen molar-refractivity contribution in [1.29, 1.82) is 0 Å². The highest BCUT2D eigenvalue weighted by molar-refractivity contribution is 7.15. The van der Waals surface area contributed by atoms with Gasteiger partial charge in [0, 0.05) is 42.4 Å². The zero-order valence-electron chi connectivity index (χ0n) is 13.4. The lowest BCUT2D eigenvalue weighted by atomic mass is 10.0. The average Bonchev–Trinajstić information content (AvgIpc) is 3.17. The van der Waals surface area contributed by atoms with E-state index in [4.69, 9.17) is 11.6 Å². The molecule has 0 saturated carbocycles. The maximum Gasteiger partial charge on any atom is 0.229 e. The molecule has 1 N–H and O–H groups in total. The van der Waals surface area contributed by atoms with Gasteiger partial charge < -0.3 is 10.2 Å². The van der Waals surface area contributed by atoms with E-state index in [0.717, 1.165) is 22.8 Å². The molecule has 1 unspecified atom stereocenters. The number of hydrogen-bond acceptors (Lipinski definition) is 4. The largest absolute Gasteiger partial charge is 0.333 e. The molecule has 0 aliphatic carbocycles. The monoisotopic (exact) mass is 396 g/mol. The number of piperazine rings is 1. The number of fused-ring (bicyclic) bond motifs is 1. The second-order valence-electron chi connectivity index (χ2n) is 5.83. The van der Waals surface area contributed by atoms with E-state index in [1.54, 1.807) is 11.3 Å². The van der Waals surface area contributed by atoms with Crippen LogP contribution in [0, 0.1) is 0 Å². The molecule has 1 amide bonds. The second kappa shape index (κ2) is 7.74. The number of amides is 1. The lowest BCUT2D eigenvalue weighted by Crippen LogP contribution is -2.49. The number of carbonyl (C=O) groups is 1. The first-order valence-electron chi connectivity index (χ1n) is 7.88. The van der Waals surface area contributed by atoms with Gasteiger partial charge in [0.15, 0.2) is 4.96 Å². The fourth-order valence-corrected chi connectivity index (χ4v) is 4.12.